The predicted octanol–water partition coefficient (Wildman–Crippen LogP) is 1.64. The van der Waals surface area contributed by atoms with Crippen molar-refractivity contribution in [3.8, 4) is 0 Å². The first kappa shape index (κ1) is 10.9. The molecule has 0 radical (unpaired) electrons. The second-order valence-electron chi connectivity index (χ2n) is 3.37. The molecule has 0 unspecified atom stereocenters. The molecule has 1 aromatic carbocycles. The van der Waals surface area contributed by atoms with Gasteiger partial charge in [-0.2, -0.15) is 0 Å². The van der Waals surface area contributed by atoms with Crippen LogP contribution in [0.15, 0.2) is 46.1 Å². The molecule has 16 heavy (non-hydrogen) atoms. The summed E-state index contributed by atoms with van der Waals surface area (Å²) in [6.07, 6.45) is 2.99. The third-order valence-electron chi connectivity index (χ3n) is 2.24. The van der Waals surface area contributed by atoms with Crippen molar-refractivity contribution in [1.82, 2.24) is 9.55 Å². The number of anilines is 1. The molecule has 0 atom stereocenters. The van der Waals surface area contributed by atoms with Crippen molar-refractivity contribution >= 4 is 21.6 Å². The Kier molecular flexibility index (Phi) is 3.05. The molecular formula is C11H10BrN3O. The summed E-state index contributed by atoms with van der Waals surface area (Å²) in [6, 6.07) is 7.01. The lowest BCUT2D eigenvalue weighted by Gasteiger charge is -2.08. The van der Waals surface area contributed by atoms with Gasteiger partial charge in [-0.3, -0.25) is 9.36 Å². The molecule has 1 aromatic heterocycles. The summed E-state index contributed by atoms with van der Waals surface area (Å²) >= 11 is 3.40. The Balaban J connectivity index is 2.38. The maximum absolute atomic E-state index is 11.5. The summed E-state index contributed by atoms with van der Waals surface area (Å²) in [4.78, 5) is 15.4. The average molecular weight is 280 g/mol. The molecule has 0 spiro atoms. The highest BCUT2D eigenvalue weighted by Crippen LogP contribution is 2.23. The van der Waals surface area contributed by atoms with Crippen LogP contribution < -0.4 is 11.3 Å². The SMILES string of the molecule is Nc1cccc(Cn2cnccc2=O)c1Br. The number of hydrogen-bond acceptors (Lipinski definition) is 3. The van der Waals surface area contributed by atoms with E-state index < -0.39 is 0 Å². The standard InChI is InChI=1S/C11H10BrN3O/c12-11-8(2-1-3-9(11)13)6-15-7-14-5-4-10(15)16/h1-5,7H,6,13H2. The van der Waals surface area contributed by atoms with Crippen LogP contribution >= 0.6 is 15.9 Å². The van der Waals surface area contributed by atoms with E-state index in [9.17, 15) is 4.79 Å². The monoisotopic (exact) mass is 279 g/mol. The molecule has 1 heterocycles. The summed E-state index contributed by atoms with van der Waals surface area (Å²) in [7, 11) is 0. The number of hydrogen-bond donors (Lipinski definition) is 1. The number of benzene rings is 1. The van der Waals surface area contributed by atoms with E-state index in [1.807, 2.05) is 12.1 Å². The van der Waals surface area contributed by atoms with E-state index in [2.05, 4.69) is 20.9 Å². The van der Waals surface area contributed by atoms with Gasteiger partial charge in [0.1, 0.15) is 0 Å². The van der Waals surface area contributed by atoms with E-state index in [0.29, 0.717) is 12.2 Å². The summed E-state index contributed by atoms with van der Waals surface area (Å²) in [5.74, 6) is 0. The van der Waals surface area contributed by atoms with Gasteiger partial charge in [-0.15, -0.1) is 0 Å². The minimum absolute atomic E-state index is 0.0793. The zero-order valence-corrected chi connectivity index (χ0v) is 10.0. The van der Waals surface area contributed by atoms with Crippen LogP contribution in [0.25, 0.3) is 0 Å². The Morgan fingerprint density at radius 1 is 1.38 bits per heavy atom. The van der Waals surface area contributed by atoms with Gasteiger partial charge >= 0.3 is 0 Å². The molecule has 0 bridgehead atoms. The van der Waals surface area contributed by atoms with Crippen molar-refractivity contribution < 1.29 is 0 Å². The Hall–Kier alpha value is -1.62. The maximum Gasteiger partial charge on any atom is 0.253 e. The van der Waals surface area contributed by atoms with Gasteiger partial charge in [0, 0.05) is 22.4 Å². The number of nitrogens with zero attached hydrogens (tertiary/aromatic N) is 2. The molecule has 5 heteroatoms. The zero-order chi connectivity index (χ0) is 11.5. The molecule has 82 valence electrons. The minimum Gasteiger partial charge on any atom is -0.398 e. The van der Waals surface area contributed by atoms with Gasteiger partial charge in [-0.1, -0.05) is 12.1 Å². The first-order chi connectivity index (χ1) is 7.68. The van der Waals surface area contributed by atoms with Crippen molar-refractivity contribution in [3.63, 3.8) is 0 Å². The van der Waals surface area contributed by atoms with Crippen molar-refractivity contribution in [2.45, 2.75) is 6.54 Å². The van der Waals surface area contributed by atoms with Crippen LogP contribution in [0.3, 0.4) is 0 Å². The highest BCUT2D eigenvalue weighted by atomic mass is 79.9. The molecule has 0 saturated carbocycles. The summed E-state index contributed by atoms with van der Waals surface area (Å²) in [6.45, 7) is 0.457. The lowest BCUT2D eigenvalue weighted by molar-refractivity contribution is 0.734. The lowest BCUT2D eigenvalue weighted by Crippen LogP contribution is -2.19. The first-order valence-corrected chi connectivity index (χ1v) is 5.51. The Bertz CT molecular complexity index is 565. The van der Waals surface area contributed by atoms with Gasteiger partial charge in [0.15, 0.2) is 0 Å². The van der Waals surface area contributed by atoms with Crippen LogP contribution in [0.4, 0.5) is 5.69 Å². The molecule has 2 N–H and O–H groups in total. The van der Waals surface area contributed by atoms with Crippen LogP contribution in [0.5, 0.6) is 0 Å². The van der Waals surface area contributed by atoms with Gasteiger partial charge in [0.05, 0.1) is 12.9 Å². The maximum atomic E-state index is 11.5. The summed E-state index contributed by atoms with van der Waals surface area (Å²) in [5.41, 5.74) is 7.30. The highest BCUT2D eigenvalue weighted by Gasteiger charge is 2.04. The molecule has 2 rings (SSSR count). The van der Waals surface area contributed by atoms with Crippen molar-refractivity contribution in [2.24, 2.45) is 0 Å². The quantitative estimate of drug-likeness (QED) is 0.851. The Morgan fingerprint density at radius 2 is 2.19 bits per heavy atom. The molecule has 0 fully saturated rings. The van der Waals surface area contributed by atoms with Gasteiger partial charge in [-0.05, 0) is 27.6 Å². The van der Waals surface area contributed by atoms with E-state index in [0.717, 1.165) is 10.0 Å². The van der Waals surface area contributed by atoms with Gasteiger partial charge in [-0.25, -0.2) is 4.98 Å². The zero-order valence-electron chi connectivity index (χ0n) is 8.43. The molecule has 0 aliphatic heterocycles. The third kappa shape index (κ3) is 2.14. The Morgan fingerprint density at radius 3 is 2.94 bits per heavy atom. The molecule has 0 saturated heterocycles. The smallest absolute Gasteiger partial charge is 0.253 e. The number of rotatable bonds is 2. The fourth-order valence-corrected chi connectivity index (χ4v) is 1.79. The second kappa shape index (κ2) is 4.49. The number of nitrogen functional groups attached to an aromatic ring is 1. The van der Waals surface area contributed by atoms with Crippen molar-refractivity contribution in [2.75, 3.05) is 5.73 Å². The second-order valence-corrected chi connectivity index (χ2v) is 4.16. The molecule has 0 aliphatic carbocycles. The molecular weight excluding hydrogens is 270 g/mol. The van der Waals surface area contributed by atoms with Crippen LogP contribution in [-0.2, 0) is 6.54 Å². The van der Waals surface area contributed by atoms with Crippen molar-refractivity contribution in [3.05, 3.63) is 57.2 Å². The predicted molar refractivity (Wildman–Crippen MR) is 66.2 cm³/mol. The highest BCUT2D eigenvalue weighted by molar-refractivity contribution is 9.10. The van der Waals surface area contributed by atoms with E-state index in [-0.39, 0.29) is 5.56 Å². The van der Waals surface area contributed by atoms with E-state index >= 15 is 0 Å². The van der Waals surface area contributed by atoms with Crippen molar-refractivity contribution in [1.29, 1.82) is 0 Å². The van der Waals surface area contributed by atoms with E-state index in [4.69, 9.17) is 5.73 Å². The molecule has 0 aliphatic rings. The van der Waals surface area contributed by atoms with Crippen LogP contribution in [0.1, 0.15) is 5.56 Å². The van der Waals surface area contributed by atoms with Crippen LogP contribution in [0, 0.1) is 0 Å². The van der Waals surface area contributed by atoms with Crippen LogP contribution in [0.2, 0.25) is 0 Å². The minimum atomic E-state index is -0.0793. The third-order valence-corrected chi connectivity index (χ3v) is 3.21. The van der Waals surface area contributed by atoms with Gasteiger partial charge < -0.3 is 5.73 Å². The normalized spacial score (nSPS) is 10.3. The van der Waals surface area contributed by atoms with Crippen LogP contribution in [-0.4, -0.2) is 9.55 Å². The van der Waals surface area contributed by atoms with E-state index in [1.54, 1.807) is 6.07 Å². The molecule has 0 amide bonds. The summed E-state index contributed by atoms with van der Waals surface area (Å²) < 4.78 is 2.35. The fraction of sp³-hybridized carbons (Fsp3) is 0.0909. The topological polar surface area (TPSA) is 60.9 Å². The first-order valence-electron chi connectivity index (χ1n) is 4.72. The lowest BCUT2D eigenvalue weighted by atomic mass is 10.2. The van der Waals surface area contributed by atoms with Gasteiger partial charge in [0.2, 0.25) is 0 Å². The van der Waals surface area contributed by atoms with Gasteiger partial charge in [0.25, 0.3) is 5.56 Å². The number of nitrogens with two attached hydrogens (primary N) is 1. The molecule has 4 nitrogen and oxygen atoms in total. The molecule has 2 aromatic rings. The average Bonchev–Trinajstić information content (AvgIpc) is 2.28. The fourth-order valence-electron chi connectivity index (χ4n) is 1.40. The Labute approximate surface area is 101 Å². The summed E-state index contributed by atoms with van der Waals surface area (Å²) in [5, 5.41) is 0. The van der Waals surface area contributed by atoms with E-state index in [1.165, 1.54) is 23.2 Å². The largest absolute Gasteiger partial charge is 0.398 e. The number of aromatic nitrogens is 2. The number of halogens is 1.